The highest BCUT2D eigenvalue weighted by molar-refractivity contribution is 6.36. The number of hydrogen-bond acceptors (Lipinski definition) is 4. The minimum Gasteiger partial charge on any atom is -0.373 e. The molecule has 0 bridgehead atoms. The summed E-state index contributed by atoms with van der Waals surface area (Å²) in [5.74, 6) is 1.38. The Kier molecular flexibility index (Phi) is 4.45. The van der Waals surface area contributed by atoms with Crippen molar-refractivity contribution in [3.63, 3.8) is 0 Å². The van der Waals surface area contributed by atoms with E-state index < -0.39 is 0 Å². The Morgan fingerprint density at radius 1 is 0.923 bits per heavy atom. The third-order valence-corrected chi connectivity index (χ3v) is 4.64. The first-order valence-corrected chi connectivity index (χ1v) is 8.76. The molecule has 0 aliphatic rings. The predicted molar refractivity (Wildman–Crippen MR) is 108 cm³/mol. The maximum atomic E-state index is 6.36. The van der Waals surface area contributed by atoms with Gasteiger partial charge < -0.3 is 5.32 Å². The van der Waals surface area contributed by atoms with E-state index in [0.717, 1.165) is 33.4 Å². The van der Waals surface area contributed by atoms with E-state index in [4.69, 9.17) is 23.2 Å². The summed E-state index contributed by atoms with van der Waals surface area (Å²) in [7, 11) is 1.84. The van der Waals surface area contributed by atoms with E-state index in [1.807, 2.05) is 49.5 Å². The van der Waals surface area contributed by atoms with Crippen molar-refractivity contribution >= 4 is 39.9 Å². The monoisotopic (exact) mass is 380 g/mol. The molecule has 26 heavy (non-hydrogen) atoms. The van der Waals surface area contributed by atoms with Crippen LogP contribution in [0.4, 0.5) is 5.82 Å². The number of fused-ring (bicyclic) bond motifs is 1. The standard InChI is InChI=1S/C20H14Cl2N4/c1-23-20-16-9-12(15-6-5-14(21)10-17(15)22)4-7-18(16)25-19(26-20)13-3-2-8-24-11-13/h2-11H,1H3,(H,23,25,26). The Morgan fingerprint density at radius 3 is 2.54 bits per heavy atom. The van der Waals surface area contributed by atoms with Crippen LogP contribution in [-0.4, -0.2) is 22.0 Å². The second-order valence-corrected chi connectivity index (χ2v) is 6.59. The molecule has 0 aliphatic carbocycles. The molecule has 0 amide bonds. The molecule has 0 fully saturated rings. The first-order valence-electron chi connectivity index (χ1n) is 8.01. The highest BCUT2D eigenvalue weighted by Gasteiger charge is 2.11. The van der Waals surface area contributed by atoms with E-state index in [0.29, 0.717) is 15.9 Å². The molecule has 0 radical (unpaired) electrons. The van der Waals surface area contributed by atoms with E-state index >= 15 is 0 Å². The SMILES string of the molecule is CNc1nc(-c2cccnc2)nc2ccc(-c3ccc(Cl)cc3Cl)cc12. The number of rotatable bonds is 3. The van der Waals surface area contributed by atoms with Gasteiger partial charge in [-0.25, -0.2) is 9.97 Å². The van der Waals surface area contributed by atoms with Crippen LogP contribution in [0, 0.1) is 0 Å². The van der Waals surface area contributed by atoms with Gasteiger partial charge in [-0.15, -0.1) is 0 Å². The molecule has 0 unspecified atom stereocenters. The first-order chi connectivity index (χ1) is 12.7. The van der Waals surface area contributed by atoms with Crippen LogP contribution < -0.4 is 5.32 Å². The lowest BCUT2D eigenvalue weighted by molar-refractivity contribution is 1.20. The normalized spacial score (nSPS) is 10.9. The van der Waals surface area contributed by atoms with Crippen molar-refractivity contribution in [1.29, 1.82) is 0 Å². The van der Waals surface area contributed by atoms with Crippen molar-refractivity contribution in [2.45, 2.75) is 0 Å². The zero-order valence-corrected chi connectivity index (χ0v) is 15.4. The molecule has 4 aromatic rings. The Morgan fingerprint density at radius 2 is 1.81 bits per heavy atom. The Hall–Kier alpha value is -2.69. The summed E-state index contributed by atoms with van der Waals surface area (Å²) < 4.78 is 0. The number of nitrogens with one attached hydrogen (secondary N) is 1. The Balaban J connectivity index is 1.88. The second kappa shape index (κ2) is 6.90. The van der Waals surface area contributed by atoms with Crippen LogP contribution in [0.5, 0.6) is 0 Å². The zero-order valence-electron chi connectivity index (χ0n) is 13.9. The van der Waals surface area contributed by atoms with Gasteiger partial charge in [0.15, 0.2) is 5.82 Å². The van der Waals surface area contributed by atoms with Gasteiger partial charge in [0.05, 0.1) is 5.52 Å². The number of nitrogens with zero attached hydrogens (tertiary/aromatic N) is 3. The van der Waals surface area contributed by atoms with Crippen LogP contribution >= 0.6 is 23.2 Å². The molecule has 0 saturated heterocycles. The van der Waals surface area contributed by atoms with Gasteiger partial charge in [-0.2, -0.15) is 0 Å². The summed E-state index contributed by atoms with van der Waals surface area (Å²) in [5.41, 5.74) is 3.61. The van der Waals surface area contributed by atoms with E-state index in [2.05, 4.69) is 20.3 Å². The minimum atomic E-state index is 0.607. The molecular weight excluding hydrogens is 367 g/mol. The van der Waals surface area contributed by atoms with E-state index in [1.165, 1.54) is 0 Å². The Labute approximate surface area is 160 Å². The Bertz CT molecular complexity index is 1100. The number of pyridine rings is 1. The van der Waals surface area contributed by atoms with Crippen LogP contribution in [0.1, 0.15) is 0 Å². The topological polar surface area (TPSA) is 50.7 Å². The molecule has 4 nitrogen and oxygen atoms in total. The average Bonchev–Trinajstić information content (AvgIpc) is 2.67. The fraction of sp³-hybridized carbons (Fsp3) is 0.0500. The molecule has 2 heterocycles. The van der Waals surface area contributed by atoms with E-state index in [1.54, 1.807) is 18.5 Å². The lowest BCUT2D eigenvalue weighted by Gasteiger charge is -2.11. The molecule has 6 heteroatoms. The van der Waals surface area contributed by atoms with Crippen molar-refractivity contribution in [1.82, 2.24) is 15.0 Å². The van der Waals surface area contributed by atoms with E-state index in [9.17, 15) is 0 Å². The lowest BCUT2D eigenvalue weighted by atomic mass is 10.0. The molecule has 128 valence electrons. The fourth-order valence-electron chi connectivity index (χ4n) is 2.83. The summed E-state index contributed by atoms with van der Waals surface area (Å²) in [6.45, 7) is 0. The van der Waals surface area contributed by atoms with Crippen LogP contribution in [0.25, 0.3) is 33.4 Å². The molecule has 0 aliphatic heterocycles. The van der Waals surface area contributed by atoms with E-state index in [-0.39, 0.29) is 0 Å². The smallest absolute Gasteiger partial charge is 0.163 e. The molecule has 4 rings (SSSR count). The first kappa shape index (κ1) is 16.8. The summed E-state index contributed by atoms with van der Waals surface area (Å²) in [6, 6.07) is 15.3. The van der Waals surface area contributed by atoms with Gasteiger partial charge >= 0.3 is 0 Å². The van der Waals surface area contributed by atoms with Crippen molar-refractivity contribution in [3.8, 4) is 22.5 Å². The number of anilines is 1. The summed E-state index contributed by atoms with van der Waals surface area (Å²) in [6.07, 6.45) is 3.48. The second-order valence-electron chi connectivity index (χ2n) is 5.74. The van der Waals surface area contributed by atoms with Gasteiger partial charge in [0.2, 0.25) is 0 Å². The van der Waals surface area contributed by atoms with Crippen LogP contribution in [0.3, 0.4) is 0 Å². The average molecular weight is 381 g/mol. The quantitative estimate of drug-likeness (QED) is 0.494. The highest BCUT2D eigenvalue weighted by Crippen LogP contribution is 2.34. The van der Waals surface area contributed by atoms with Gasteiger partial charge in [0, 0.05) is 46.0 Å². The van der Waals surface area contributed by atoms with Crippen LogP contribution in [-0.2, 0) is 0 Å². The number of aromatic nitrogens is 3. The molecule has 1 N–H and O–H groups in total. The number of benzene rings is 2. The van der Waals surface area contributed by atoms with Gasteiger partial charge in [-0.05, 0) is 42.0 Å². The summed E-state index contributed by atoms with van der Waals surface area (Å²) in [4.78, 5) is 13.5. The zero-order chi connectivity index (χ0) is 18.1. The van der Waals surface area contributed by atoms with Crippen LogP contribution in [0.2, 0.25) is 10.0 Å². The van der Waals surface area contributed by atoms with Crippen molar-refractivity contribution in [2.24, 2.45) is 0 Å². The van der Waals surface area contributed by atoms with Gasteiger partial charge in [0.25, 0.3) is 0 Å². The third-order valence-electron chi connectivity index (χ3n) is 4.09. The van der Waals surface area contributed by atoms with Crippen molar-refractivity contribution in [2.75, 3.05) is 12.4 Å². The highest BCUT2D eigenvalue weighted by atomic mass is 35.5. The molecule has 0 atom stereocenters. The largest absolute Gasteiger partial charge is 0.373 e. The maximum absolute atomic E-state index is 6.36. The lowest BCUT2D eigenvalue weighted by Crippen LogP contribution is -1.99. The van der Waals surface area contributed by atoms with Crippen molar-refractivity contribution < 1.29 is 0 Å². The van der Waals surface area contributed by atoms with Gasteiger partial charge in [-0.1, -0.05) is 35.3 Å². The van der Waals surface area contributed by atoms with Crippen LogP contribution in [0.15, 0.2) is 60.9 Å². The molecular formula is C20H14Cl2N4. The number of hydrogen-bond donors (Lipinski definition) is 1. The molecule has 2 aromatic heterocycles. The van der Waals surface area contributed by atoms with Gasteiger partial charge in [-0.3, -0.25) is 4.98 Å². The summed E-state index contributed by atoms with van der Waals surface area (Å²) >= 11 is 12.4. The maximum Gasteiger partial charge on any atom is 0.163 e. The number of halogens is 2. The molecule has 0 saturated carbocycles. The molecule has 2 aromatic carbocycles. The van der Waals surface area contributed by atoms with Crippen molar-refractivity contribution in [3.05, 3.63) is 71.0 Å². The molecule has 0 spiro atoms. The van der Waals surface area contributed by atoms with Gasteiger partial charge in [0.1, 0.15) is 5.82 Å². The fourth-order valence-corrected chi connectivity index (χ4v) is 3.35. The summed E-state index contributed by atoms with van der Waals surface area (Å²) in [5, 5.41) is 5.30. The predicted octanol–water partition coefficient (Wildman–Crippen LogP) is 5.71. The minimum absolute atomic E-state index is 0.607. The third kappa shape index (κ3) is 3.09.